The van der Waals surface area contributed by atoms with Crippen molar-refractivity contribution < 1.29 is 4.74 Å². The first kappa shape index (κ1) is 15.7. The molecule has 1 saturated carbocycles. The lowest BCUT2D eigenvalue weighted by Crippen LogP contribution is -2.57. The molecular weight excluding hydrogens is 264 g/mol. The van der Waals surface area contributed by atoms with Crippen molar-refractivity contribution in [2.45, 2.75) is 59.1 Å². The summed E-state index contributed by atoms with van der Waals surface area (Å²) in [6.07, 6.45) is 2.76. The Bertz CT molecular complexity index is 562. The number of rotatable bonds is 5. The summed E-state index contributed by atoms with van der Waals surface area (Å²) >= 11 is 0. The summed E-state index contributed by atoms with van der Waals surface area (Å²) in [7, 11) is 1.74. The fourth-order valence-corrected chi connectivity index (χ4v) is 3.09. The monoisotopic (exact) mass is 288 g/mol. The summed E-state index contributed by atoms with van der Waals surface area (Å²) in [5.41, 5.74) is 2.60. The predicted octanol–water partition coefficient (Wildman–Crippen LogP) is 2.70. The van der Waals surface area contributed by atoms with Crippen molar-refractivity contribution in [1.29, 1.82) is 5.26 Å². The number of nitrogens with one attached hydrogen (secondary N) is 1. The van der Waals surface area contributed by atoms with Crippen molar-refractivity contribution in [3.05, 3.63) is 16.8 Å². The number of nitrogens with zero attached hydrogens (tertiary/aromatic N) is 3. The Balaban J connectivity index is 2.28. The molecule has 2 rings (SSSR count). The maximum absolute atomic E-state index is 9.50. The minimum Gasteiger partial charge on any atom is -0.381 e. The number of hydrogen-bond acceptors (Lipinski definition) is 5. The van der Waals surface area contributed by atoms with Gasteiger partial charge in [0.25, 0.3) is 0 Å². The number of hydrogen-bond donors (Lipinski definition) is 1. The molecular formula is C16H24N4O. The third-order valence-corrected chi connectivity index (χ3v) is 4.73. The van der Waals surface area contributed by atoms with E-state index in [1.54, 1.807) is 7.11 Å². The molecule has 0 aliphatic heterocycles. The van der Waals surface area contributed by atoms with E-state index in [2.05, 4.69) is 42.4 Å². The van der Waals surface area contributed by atoms with E-state index >= 15 is 0 Å². The van der Waals surface area contributed by atoms with E-state index in [4.69, 9.17) is 4.74 Å². The molecule has 1 aliphatic rings. The molecule has 5 nitrogen and oxygen atoms in total. The third-order valence-electron chi connectivity index (χ3n) is 4.73. The quantitative estimate of drug-likeness (QED) is 0.902. The maximum atomic E-state index is 9.50. The normalized spacial score (nSPS) is 23.2. The summed E-state index contributed by atoms with van der Waals surface area (Å²) in [6, 6.07) is 2.55. The smallest absolute Gasteiger partial charge is 0.167 e. The second-order valence-electron chi connectivity index (χ2n) is 6.15. The number of nitriles is 1. The first-order chi connectivity index (χ1) is 9.99. The van der Waals surface area contributed by atoms with Gasteiger partial charge in [-0.05, 0) is 24.8 Å². The Kier molecular flexibility index (Phi) is 4.48. The van der Waals surface area contributed by atoms with Crippen LogP contribution in [0.5, 0.6) is 0 Å². The SMILES string of the molecule is CCc1nnc(NC2CC(OC)C2(C)C)c(C#N)c1CC. The van der Waals surface area contributed by atoms with Gasteiger partial charge in [0.15, 0.2) is 5.82 Å². The molecule has 1 aliphatic carbocycles. The van der Waals surface area contributed by atoms with Crippen LogP contribution in [-0.4, -0.2) is 29.5 Å². The van der Waals surface area contributed by atoms with E-state index in [1.807, 2.05) is 6.92 Å². The Hall–Kier alpha value is -1.67. The molecule has 0 spiro atoms. The highest BCUT2D eigenvalue weighted by Crippen LogP contribution is 2.44. The van der Waals surface area contributed by atoms with Gasteiger partial charge in [-0.1, -0.05) is 27.7 Å². The van der Waals surface area contributed by atoms with E-state index < -0.39 is 0 Å². The van der Waals surface area contributed by atoms with E-state index in [0.717, 1.165) is 30.5 Å². The van der Waals surface area contributed by atoms with Gasteiger partial charge in [0.1, 0.15) is 11.6 Å². The fourth-order valence-electron chi connectivity index (χ4n) is 3.09. The van der Waals surface area contributed by atoms with Gasteiger partial charge in [-0.25, -0.2) is 0 Å². The summed E-state index contributed by atoms with van der Waals surface area (Å²) < 4.78 is 5.47. The summed E-state index contributed by atoms with van der Waals surface area (Å²) in [5.74, 6) is 0.610. The van der Waals surface area contributed by atoms with E-state index in [0.29, 0.717) is 11.4 Å². The zero-order valence-corrected chi connectivity index (χ0v) is 13.5. The largest absolute Gasteiger partial charge is 0.381 e. The lowest BCUT2D eigenvalue weighted by atomic mass is 9.64. The lowest BCUT2D eigenvalue weighted by Gasteiger charge is -2.51. The number of ether oxygens (including phenoxy) is 1. The van der Waals surface area contributed by atoms with Crippen molar-refractivity contribution in [2.75, 3.05) is 12.4 Å². The zero-order valence-electron chi connectivity index (χ0n) is 13.5. The molecule has 0 radical (unpaired) electrons. The van der Waals surface area contributed by atoms with Crippen LogP contribution >= 0.6 is 0 Å². The molecule has 1 heterocycles. The van der Waals surface area contributed by atoms with Crippen LogP contribution in [0.25, 0.3) is 0 Å². The molecule has 0 aromatic carbocycles. The van der Waals surface area contributed by atoms with E-state index in [1.165, 1.54) is 0 Å². The van der Waals surface area contributed by atoms with Crippen LogP contribution in [0.3, 0.4) is 0 Å². The van der Waals surface area contributed by atoms with Crippen molar-refractivity contribution >= 4 is 5.82 Å². The fraction of sp³-hybridized carbons (Fsp3) is 0.688. The van der Waals surface area contributed by atoms with Gasteiger partial charge in [-0.15, -0.1) is 5.10 Å². The Labute approximate surface area is 126 Å². The van der Waals surface area contributed by atoms with E-state index in [9.17, 15) is 5.26 Å². The average Bonchev–Trinajstić information content (AvgIpc) is 2.49. The highest BCUT2D eigenvalue weighted by Gasteiger charge is 2.49. The van der Waals surface area contributed by atoms with Gasteiger partial charge in [0.2, 0.25) is 0 Å². The molecule has 5 heteroatoms. The van der Waals surface area contributed by atoms with Crippen LogP contribution in [0.15, 0.2) is 0 Å². The van der Waals surface area contributed by atoms with Crippen molar-refractivity contribution in [3.8, 4) is 6.07 Å². The summed E-state index contributed by atoms with van der Waals surface area (Å²) in [5, 5.41) is 21.4. The van der Waals surface area contributed by atoms with Crippen molar-refractivity contribution in [2.24, 2.45) is 5.41 Å². The first-order valence-corrected chi connectivity index (χ1v) is 7.57. The minimum atomic E-state index is 0.0267. The lowest BCUT2D eigenvalue weighted by molar-refractivity contribution is -0.0795. The van der Waals surface area contributed by atoms with Gasteiger partial charge in [0.05, 0.1) is 11.8 Å². The highest BCUT2D eigenvalue weighted by atomic mass is 16.5. The molecule has 1 aromatic heterocycles. The number of aryl methyl sites for hydroxylation is 1. The van der Waals surface area contributed by atoms with Crippen LogP contribution in [0, 0.1) is 16.7 Å². The molecule has 114 valence electrons. The number of methoxy groups -OCH3 is 1. The third kappa shape index (κ3) is 2.60. The standard InChI is InChI=1S/C16H24N4O/c1-6-10-11(9-17)15(20-19-12(10)7-2)18-13-8-14(21-5)16(13,3)4/h13-14H,6-8H2,1-5H3,(H,18,20). The molecule has 2 atom stereocenters. The zero-order chi connectivity index (χ0) is 15.6. The van der Waals surface area contributed by atoms with Gasteiger partial charge in [0, 0.05) is 18.6 Å². The molecule has 21 heavy (non-hydrogen) atoms. The topological polar surface area (TPSA) is 70.8 Å². The van der Waals surface area contributed by atoms with Gasteiger partial charge in [-0.2, -0.15) is 10.4 Å². The second-order valence-corrected chi connectivity index (χ2v) is 6.15. The Morgan fingerprint density at radius 2 is 2.05 bits per heavy atom. The predicted molar refractivity (Wildman–Crippen MR) is 82.1 cm³/mol. The summed E-state index contributed by atoms with van der Waals surface area (Å²) in [6.45, 7) is 8.43. The van der Waals surface area contributed by atoms with Crippen LogP contribution in [-0.2, 0) is 17.6 Å². The van der Waals surface area contributed by atoms with Gasteiger partial charge < -0.3 is 10.1 Å². The maximum Gasteiger partial charge on any atom is 0.167 e. The number of anilines is 1. The van der Waals surface area contributed by atoms with Crippen LogP contribution in [0.1, 0.15) is 50.9 Å². The van der Waals surface area contributed by atoms with Crippen LogP contribution < -0.4 is 5.32 Å². The molecule has 1 N–H and O–H groups in total. The van der Waals surface area contributed by atoms with Crippen molar-refractivity contribution in [3.63, 3.8) is 0 Å². The van der Waals surface area contributed by atoms with Crippen LogP contribution in [0.2, 0.25) is 0 Å². The average molecular weight is 288 g/mol. The summed E-state index contributed by atoms with van der Waals surface area (Å²) in [4.78, 5) is 0. The van der Waals surface area contributed by atoms with Gasteiger partial charge in [-0.3, -0.25) is 0 Å². The molecule has 1 fully saturated rings. The molecule has 0 bridgehead atoms. The van der Waals surface area contributed by atoms with E-state index in [-0.39, 0.29) is 17.6 Å². The Morgan fingerprint density at radius 1 is 1.33 bits per heavy atom. The molecule has 2 unspecified atom stereocenters. The first-order valence-electron chi connectivity index (χ1n) is 7.57. The van der Waals surface area contributed by atoms with Gasteiger partial charge >= 0.3 is 0 Å². The molecule has 1 aromatic rings. The van der Waals surface area contributed by atoms with Crippen LogP contribution in [0.4, 0.5) is 5.82 Å². The van der Waals surface area contributed by atoms with Crippen molar-refractivity contribution in [1.82, 2.24) is 10.2 Å². The minimum absolute atomic E-state index is 0.0267. The second kappa shape index (κ2) is 5.98. The molecule has 0 saturated heterocycles. The Morgan fingerprint density at radius 3 is 2.52 bits per heavy atom. The highest BCUT2D eigenvalue weighted by molar-refractivity contribution is 5.57. The number of aromatic nitrogens is 2. The molecule has 0 amide bonds.